The first-order chi connectivity index (χ1) is 9.93. The largest absolute Gasteiger partial charge is 0.398 e. The summed E-state index contributed by atoms with van der Waals surface area (Å²) in [4.78, 5) is 5.43. The minimum Gasteiger partial charge on any atom is -0.398 e. The molecule has 0 unspecified atom stereocenters. The molecule has 21 heavy (non-hydrogen) atoms. The molecule has 3 rings (SSSR count). The van der Waals surface area contributed by atoms with Gasteiger partial charge in [0.05, 0.1) is 0 Å². The fourth-order valence-corrected chi connectivity index (χ4v) is 3.99. The van der Waals surface area contributed by atoms with Gasteiger partial charge in [0, 0.05) is 35.1 Å². The molecular formula is C18H24N2S. The van der Waals surface area contributed by atoms with Gasteiger partial charge in [0.2, 0.25) is 0 Å². The van der Waals surface area contributed by atoms with Gasteiger partial charge in [-0.25, -0.2) is 0 Å². The summed E-state index contributed by atoms with van der Waals surface area (Å²) in [7, 11) is 0. The second-order valence-corrected chi connectivity index (χ2v) is 8.13. The molecule has 2 N–H and O–H groups in total. The van der Waals surface area contributed by atoms with Crippen LogP contribution < -0.4 is 5.73 Å². The van der Waals surface area contributed by atoms with Crippen molar-refractivity contribution in [3.8, 4) is 0 Å². The summed E-state index contributed by atoms with van der Waals surface area (Å²) in [5, 5.41) is 0. The molecule has 1 aliphatic rings. The Bertz CT molecular complexity index is 637. The summed E-state index contributed by atoms with van der Waals surface area (Å²) in [6.07, 6.45) is 1.11. The molecule has 1 aromatic carbocycles. The lowest BCUT2D eigenvalue weighted by Crippen LogP contribution is -2.30. The number of thiophene rings is 1. The Labute approximate surface area is 131 Å². The first-order valence-corrected chi connectivity index (χ1v) is 8.43. The van der Waals surface area contributed by atoms with Gasteiger partial charge >= 0.3 is 0 Å². The van der Waals surface area contributed by atoms with E-state index in [4.69, 9.17) is 5.73 Å². The van der Waals surface area contributed by atoms with Crippen LogP contribution in [0, 0.1) is 0 Å². The average Bonchev–Trinajstić information content (AvgIpc) is 2.88. The monoisotopic (exact) mass is 300 g/mol. The maximum absolute atomic E-state index is 6.13. The number of rotatable bonds is 2. The minimum atomic E-state index is 0.252. The van der Waals surface area contributed by atoms with Gasteiger partial charge in [-0.1, -0.05) is 32.9 Å². The van der Waals surface area contributed by atoms with Crippen LogP contribution >= 0.6 is 11.3 Å². The third-order valence-electron chi connectivity index (χ3n) is 4.17. The van der Waals surface area contributed by atoms with Crippen molar-refractivity contribution >= 4 is 17.0 Å². The number of nitrogen functional groups attached to an aromatic ring is 1. The van der Waals surface area contributed by atoms with Gasteiger partial charge < -0.3 is 5.73 Å². The molecule has 0 atom stereocenters. The summed E-state index contributed by atoms with van der Waals surface area (Å²) < 4.78 is 0. The molecule has 0 amide bonds. The van der Waals surface area contributed by atoms with E-state index >= 15 is 0 Å². The standard InChI is InChI=1S/C18H24N2S/c1-18(2,3)17-8-7-14(21-17)11-20-10-9-13-5-4-6-16(19)15(13)12-20/h4-8H,9-12,19H2,1-3H3. The highest BCUT2D eigenvalue weighted by Gasteiger charge is 2.20. The highest BCUT2D eigenvalue weighted by molar-refractivity contribution is 7.12. The molecule has 0 aliphatic carbocycles. The number of hydrogen-bond donors (Lipinski definition) is 1. The molecule has 2 heterocycles. The third kappa shape index (κ3) is 3.14. The average molecular weight is 300 g/mol. The molecule has 112 valence electrons. The van der Waals surface area contributed by atoms with Gasteiger partial charge in [0.1, 0.15) is 0 Å². The van der Waals surface area contributed by atoms with Crippen LogP contribution in [0.5, 0.6) is 0 Å². The quantitative estimate of drug-likeness (QED) is 0.843. The molecule has 0 radical (unpaired) electrons. The van der Waals surface area contributed by atoms with Crippen LogP contribution in [0.3, 0.4) is 0 Å². The fourth-order valence-electron chi connectivity index (χ4n) is 2.88. The number of hydrogen-bond acceptors (Lipinski definition) is 3. The van der Waals surface area contributed by atoms with Gasteiger partial charge in [-0.2, -0.15) is 0 Å². The maximum atomic E-state index is 6.13. The van der Waals surface area contributed by atoms with Crippen molar-refractivity contribution in [2.24, 2.45) is 0 Å². The second-order valence-electron chi connectivity index (χ2n) is 6.96. The van der Waals surface area contributed by atoms with Crippen molar-refractivity contribution in [1.82, 2.24) is 4.90 Å². The Morgan fingerprint density at radius 3 is 2.71 bits per heavy atom. The summed E-state index contributed by atoms with van der Waals surface area (Å²) in [6.45, 7) is 9.97. The van der Waals surface area contributed by atoms with E-state index < -0.39 is 0 Å². The molecule has 1 aromatic heterocycles. The summed E-state index contributed by atoms with van der Waals surface area (Å²) in [6, 6.07) is 10.9. The molecule has 3 heteroatoms. The molecule has 0 saturated heterocycles. The maximum Gasteiger partial charge on any atom is 0.0362 e. The predicted octanol–water partition coefficient (Wildman–Crippen LogP) is 4.19. The van der Waals surface area contributed by atoms with Crippen LogP contribution in [0.15, 0.2) is 30.3 Å². The number of nitrogens with two attached hydrogens (primary N) is 1. The van der Waals surface area contributed by atoms with Gasteiger partial charge in [-0.05, 0) is 41.2 Å². The van der Waals surface area contributed by atoms with Crippen LogP contribution in [0.4, 0.5) is 5.69 Å². The molecular weight excluding hydrogens is 276 g/mol. The van der Waals surface area contributed by atoms with E-state index in [9.17, 15) is 0 Å². The Morgan fingerprint density at radius 2 is 2.00 bits per heavy atom. The zero-order chi connectivity index (χ0) is 15.0. The van der Waals surface area contributed by atoms with Crippen LogP contribution in [0.2, 0.25) is 0 Å². The summed E-state index contributed by atoms with van der Waals surface area (Å²) in [5.74, 6) is 0. The van der Waals surface area contributed by atoms with Gasteiger partial charge in [-0.3, -0.25) is 4.90 Å². The van der Waals surface area contributed by atoms with E-state index in [0.717, 1.165) is 31.7 Å². The van der Waals surface area contributed by atoms with E-state index in [0.29, 0.717) is 0 Å². The Hall–Kier alpha value is -1.32. The van der Waals surface area contributed by atoms with E-state index in [-0.39, 0.29) is 5.41 Å². The molecule has 0 saturated carbocycles. The molecule has 0 fully saturated rings. The van der Waals surface area contributed by atoms with Crippen LogP contribution in [-0.2, 0) is 24.9 Å². The van der Waals surface area contributed by atoms with Crippen molar-refractivity contribution in [3.05, 3.63) is 51.2 Å². The predicted molar refractivity (Wildman–Crippen MR) is 91.7 cm³/mol. The number of anilines is 1. The van der Waals surface area contributed by atoms with Crippen LogP contribution in [0.1, 0.15) is 41.7 Å². The smallest absolute Gasteiger partial charge is 0.0362 e. The Kier molecular flexibility index (Phi) is 3.80. The summed E-state index contributed by atoms with van der Waals surface area (Å²) >= 11 is 1.95. The Balaban J connectivity index is 1.73. The Morgan fingerprint density at radius 1 is 1.19 bits per heavy atom. The molecule has 0 bridgehead atoms. The molecule has 2 nitrogen and oxygen atoms in total. The topological polar surface area (TPSA) is 29.3 Å². The first kappa shape index (κ1) is 14.6. The molecule has 0 spiro atoms. The lowest BCUT2D eigenvalue weighted by atomic mass is 9.95. The van der Waals surface area contributed by atoms with Crippen LogP contribution in [-0.4, -0.2) is 11.4 Å². The van der Waals surface area contributed by atoms with Crippen LogP contribution in [0.25, 0.3) is 0 Å². The van der Waals surface area contributed by atoms with E-state index in [1.807, 2.05) is 17.4 Å². The normalized spacial score (nSPS) is 16.0. The second kappa shape index (κ2) is 5.47. The SMILES string of the molecule is CC(C)(C)c1ccc(CN2CCc3cccc(N)c3C2)s1. The zero-order valence-electron chi connectivity index (χ0n) is 13.1. The highest BCUT2D eigenvalue weighted by atomic mass is 32.1. The van der Waals surface area contributed by atoms with Crippen molar-refractivity contribution in [1.29, 1.82) is 0 Å². The number of nitrogens with zero attached hydrogens (tertiary/aromatic N) is 1. The fraction of sp³-hybridized carbons (Fsp3) is 0.444. The highest BCUT2D eigenvalue weighted by Crippen LogP contribution is 2.31. The number of fused-ring (bicyclic) bond motifs is 1. The number of benzene rings is 1. The van der Waals surface area contributed by atoms with Gasteiger partial charge in [-0.15, -0.1) is 11.3 Å². The lowest BCUT2D eigenvalue weighted by molar-refractivity contribution is 0.248. The third-order valence-corrected chi connectivity index (χ3v) is 5.66. The minimum absolute atomic E-state index is 0.252. The molecule has 2 aromatic rings. The lowest BCUT2D eigenvalue weighted by Gasteiger charge is -2.29. The van der Waals surface area contributed by atoms with E-state index in [1.54, 1.807) is 0 Å². The van der Waals surface area contributed by atoms with E-state index in [1.165, 1.54) is 20.9 Å². The van der Waals surface area contributed by atoms with Crippen molar-refractivity contribution in [2.75, 3.05) is 12.3 Å². The van der Waals surface area contributed by atoms with Gasteiger partial charge in [0.25, 0.3) is 0 Å². The van der Waals surface area contributed by atoms with E-state index in [2.05, 4.69) is 49.9 Å². The molecule has 1 aliphatic heterocycles. The van der Waals surface area contributed by atoms with Crippen molar-refractivity contribution in [2.45, 2.75) is 45.7 Å². The zero-order valence-corrected chi connectivity index (χ0v) is 14.0. The van der Waals surface area contributed by atoms with Gasteiger partial charge in [0.15, 0.2) is 0 Å². The summed E-state index contributed by atoms with van der Waals surface area (Å²) in [5.41, 5.74) is 10.1. The van der Waals surface area contributed by atoms with Crippen molar-refractivity contribution in [3.63, 3.8) is 0 Å². The van der Waals surface area contributed by atoms with Crippen molar-refractivity contribution < 1.29 is 0 Å². The first-order valence-electron chi connectivity index (χ1n) is 7.61.